The maximum atomic E-state index is 12.6. The van der Waals surface area contributed by atoms with Crippen molar-refractivity contribution >= 4 is 5.91 Å². The number of hydrogen-bond acceptors (Lipinski definition) is 3. The van der Waals surface area contributed by atoms with E-state index < -0.39 is 0 Å². The minimum Gasteiger partial charge on any atom is -0.342 e. The van der Waals surface area contributed by atoms with Gasteiger partial charge in [-0.05, 0) is 51.1 Å². The third kappa shape index (κ3) is 4.68. The highest BCUT2D eigenvalue weighted by atomic mass is 16.2. The van der Waals surface area contributed by atoms with Gasteiger partial charge in [0.05, 0.1) is 0 Å². The number of carbonyl (C=O) groups excluding carboxylic acids is 1. The highest BCUT2D eigenvalue weighted by Gasteiger charge is 2.31. The molecular weight excluding hydrogens is 262 g/mol. The maximum Gasteiger partial charge on any atom is 0.225 e. The molecule has 1 aliphatic carbocycles. The lowest BCUT2D eigenvalue weighted by Crippen LogP contribution is -2.45. The molecule has 1 amide bonds. The summed E-state index contributed by atoms with van der Waals surface area (Å²) in [7, 11) is 0. The molecule has 0 bridgehead atoms. The molecule has 0 spiro atoms. The van der Waals surface area contributed by atoms with Gasteiger partial charge >= 0.3 is 0 Å². The number of piperidine rings is 1. The van der Waals surface area contributed by atoms with Gasteiger partial charge in [-0.15, -0.1) is 0 Å². The van der Waals surface area contributed by atoms with Crippen LogP contribution in [0.2, 0.25) is 0 Å². The Hall–Kier alpha value is -0.610. The lowest BCUT2D eigenvalue weighted by molar-refractivity contribution is -0.138. The second kappa shape index (κ2) is 8.14. The Bertz CT molecular complexity index is 322. The van der Waals surface area contributed by atoms with Crippen molar-refractivity contribution in [3.05, 3.63) is 0 Å². The predicted molar refractivity (Wildman–Crippen MR) is 87.0 cm³/mol. The van der Waals surface area contributed by atoms with Gasteiger partial charge in [0.2, 0.25) is 5.91 Å². The molecule has 2 fully saturated rings. The van der Waals surface area contributed by atoms with Gasteiger partial charge in [-0.3, -0.25) is 4.79 Å². The number of carbonyl (C=O) groups is 1. The number of nitrogens with two attached hydrogens (primary N) is 1. The van der Waals surface area contributed by atoms with Gasteiger partial charge in [-0.25, -0.2) is 0 Å². The van der Waals surface area contributed by atoms with Gasteiger partial charge < -0.3 is 15.5 Å². The monoisotopic (exact) mass is 295 g/mol. The van der Waals surface area contributed by atoms with Crippen LogP contribution in [0.3, 0.4) is 0 Å². The number of rotatable bonds is 5. The summed E-state index contributed by atoms with van der Waals surface area (Å²) >= 11 is 0. The molecule has 1 heterocycles. The van der Waals surface area contributed by atoms with Crippen LogP contribution in [0.1, 0.15) is 52.4 Å². The van der Waals surface area contributed by atoms with E-state index in [2.05, 4.69) is 23.6 Å². The fourth-order valence-corrected chi connectivity index (χ4v) is 3.89. The first-order valence-electron chi connectivity index (χ1n) is 8.90. The van der Waals surface area contributed by atoms with Crippen molar-refractivity contribution in [2.45, 2.75) is 58.4 Å². The normalized spacial score (nSPS) is 28.1. The zero-order chi connectivity index (χ0) is 15.2. The molecule has 2 atom stereocenters. The fourth-order valence-electron chi connectivity index (χ4n) is 3.89. The number of hydrogen-bond donors (Lipinski definition) is 1. The average Bonchev–Trinajstić information content (AvgIpc) is 2.52. The lowest BCUT2D eigenvalue weighted by atomic mass is 9.84. The van der Waals surface area contributed by atoms with Crippen LogP contribution in [-0.4, -0.2) is 54.5 Å². The predicted octanol–water partition coefficient (Wildman–Crippen LogP) is 2.08. The van der Waals surface area contributed by atoms with E-state index in [9.17, 15) is 4.79 Å². The quantitative estimate of drug-likeness (QED) is 0.845. The molecule has 0 aromatic rings. The van der Waals surface area contributed by atoms with E-state index in [0.29, 0.717) is 5.91 Å². The van der Waals surface area contributed by atoms with Crippen molar-refractivity contribution in [1.82, 2.24) is 9.80 Å². The van der Waals surface area contributed by atoms with Crippen molar-refractivity contribution < 1.29 is 4.79 Å². The number of nitrogens with zero attached hydrogens (tertiary/aromatic N) is 2. The second-order valence-electron chi connectivity index (χ2n) is 6.88. The van der Waals surface area contributed by atoms with Crippen molar-refractivity contribution in [3.8, 4) is 0 Å². The third-order valence-electron chi connectivity index (χ3n) is 5.40. The Balaban J connectivity index is 1.76. The van der Waals surface area contributed by atoms with Crippen molar-refractivity contribution in [1.29, 1.82) is 0 Å². The molecule has 0 aromatic heterocycles. The first-order valence-corrected chi connectivity index (χ1v) is 8.90. The van der Waals surface area contributed by atoms with Gasteiger partial charge in [-0.1, -0.05) is 20.3 Å². The van der Waals surface area contributed by atoms with Crippen LogP contribution in [0, 0.1) is 11.8 Å². The van der Waals surface area contributed by atoms with E-state index in [0.717, 1.165) is 57.8 Å². The molecular formula is C17H33N3O. The molecule has 0 aromatic carbocycles. The number of amides is 1. The Labute approximate surface area is 130 Å². The molecule has 1 saturated heterocycles. The highest BCUT2D eigenvalue weighted by Crippen LogP contribution is 2.27. The first-order chi connectivity index (χ1) is 10.1. The Morgan fingerprint density at radius 2 is 1.81 bits per heavy atom. The van der Waals surface area contributed by atoms with Crippen molar-refractivity contribution in [2.24, 2.45) is 17.6 Å². The molecule has 2 rings (SSSR count). The summed E-state index contributed by atoms with van der Waals surface area (Å²) in [5.74, 6) is 1.35. The van der Waals surface area contributed by atoms with Crippen LogP contribution < -0.4 is 5.73 Å². The lowest BCUT2D eigenvalue weighted by Gasteiger charge is -2.37. The largest absolute Gasteiger partial charge is 0.342 e. The smallest absolute Gasteiger partial charge is 0.225 e. The molecule has 2 unspecified atom stereocenters. The molecule has 1 saturated carbocycles. The highest BCUT2D eigenvalue weighted by molar-refractivity contribution is 5.79. The first kappa shape index (κ1) is 16.8. The summed E-state index contributed by atoms with van der Waals surface area (Å²) in [6.45, 7) is 9.84. The minimum atomic E-state index is 0.202. The Morgan fingerprint density at radius 3 is 2.38 bits per heavy atom. The number of likely N-dealkylation sites (tertiary alicyclic amines) is 1. The van der Waals surface area contributed by atoms with E-state index in [-0.39, 0.29) is 12.0 Å². The van der Waals surface area contributed by atoms with Crippen LogP contribution in [0.25, 0.3) is 0 Å². The summed E-state index contributed by atoms with van der Waals surface area (Å²) in [6, 6.07) is 0.243. The molecule has 2 N–H and O–H groups in total. The van der Waals surface area contributed by atoms with E-state index in [1.165, 1.54) is 19.4 Å². The summed E-state index contributed by atoms with van der Waals surface area (Å²) in [6.07, 6.45) is 6.50. The summed E-state index contributed by atoms with van der Waals surface area (Å²) < 4.78 is 0. The van der Waals surface area contributed by atoms with Crippen LogP contribution in [0.4, 0.5) is 0 Å². The van der Waals surface area contributed by atoms with E-state index in [1.54, 1.807) is 0 Å². The van der Waals surface area contributed by atoms with Crippen LogP contribution in [-0.2, 0) is 4.79 Å². The standard InChI is InChI=1S/C17H33N3O/c1-3-19(4-2)13-14-8-10-20(11-9-14)17(21)15-6-5-7-16(18)12-15/h14-16H,3-13,18H2,1-2H3. The van der Waals surface area contributed by atoms with Gasteiger partial charge in [0.25, 0.3) is 0 Å². The molecule has 1 aliphatic heterocycles. The Kier molecular flexibility index (Phi) is 6.49. The van der Waals surface area contributed by atoms with Crippen molar-refractivity contribution in [3.63, 3.8) is 0 Å². The van der Waals surface area contributed by atoms with Gasteiger partial charge in [-0.2, -0.15) is 0 Å². The summed E-state index contributed by atoms with van der Waals surface area (Å²) in [5, 5.41) is 0. The van der Waals surface area contributed by atoms with E-state index >= 15 is 0 Å². The van der Waals surface area contributed by atoms with Crippen molar-refractivity contribution in [2.75, 3.05) is 32.7 Å². The van der Waals surface area contributed by atoms with Gasteiger partial charge in [0.1, 0.15) is 0 Å². The molecule has 4 heteroatoms. The van der Waals surface area contributed by atoms with Gasteiger partial charge in [0.15, 0.2) is 0 Å². The molecule has 0 radical (unpaired) electrons. The third-order valence-corrected chi connectivity index (χ3v) is 5.40. The Morgan fingerprint density at radius 1 is 1.14 bits per heavy atom. The van der Waals surface area contributed by atoms with Crippen LogP contribution in [0.15, 0.2) is 0 Å². The van der Waals surface area contributed by atoms with Crippen LogP contribution in [0.5, 0.6) is 0 Å². The fraction of sp³-hybridized carbons (Fsp3) is 0.941. The zero-order valence-electron chi connectivity index (χ0n) is 13.9. The topological polar surface area (TPSA) is 49.6 Å². The second-order valence-corrected chi connectivity index (χ2v) is 6.88. The molecule has 2 aliphatic rings. The van der Waals surface area contributed by atoms with E-state index in [1.807, 2.05) is 0 Å². The SMILES string of the molecule is CCN(CC)CC1CCN(C(=O)C2CCCC(N)C2)CC1. The van der Waals surface area contributed by atoms with Gasteiger partial charge in [0, 0.05) is 31.6 Å². The average molecular weight is 295 g/mol. The minimum absolute atomic E-state index is 0.202. The summed E-state index contributed by atoms with van der Waals surface area (Å²) in [5.41, 5.74) is 6.02. The molecule has 122 valence electrons. The summed E-state index contributed by atoms with van der Waals surface area (Å²) in [4.78, 5) is 17.2. The zero-order valence-corrected chi connectivity index (χ0v) is 13.9. The van der Waals surface area contributed by atoms with E-state index in [4.69, 9.17) is 5.73 Å². The molecule has 21 heavy (non-hydrogen) atoms. The van der Waals surface area contributed by atoms with Crippen LogP contribution >= 0.6 is 0 Å². The molecule has 4 nitrogen and oxygen atoms in total. The maximum absolute atomic E-state index is 12.6.